The number of H-pyrrole nitrogens is 1. The normalized spacial score (nSPS) is 34.2. The lowest BCUT2D eigenvalue weighted by Crippen LogP contribution is -2.50. The number of phosphoric acid groups is 3. The number of aliphatic hydroxyl groups is 2. The van der Waals surface area contributed by atoms with E-state index in [0.717, 1.165) is 10.9 Å². The number of nitrogens with two attached hydrogens (primary N) is 1. The topological polar surface area (TPSA) is 299 Å². The van der Waals surface area contributed by atoms with Crippen LogP contribution in [0.15, 0.2) is 11.1 Å². The lowest BCUT2D eigenvalue weighted by atomic mass is 9.94. The van der Waals surface area contributed by atoms with Crippen molar-refractivity contribution in [1.29, 1.82) is 0 Å². The van der Waals surface area contributed by atoms with E-state index in [1.54, 1.807) is 0 Å². The Morgan fingerprint density at radius 2 is 1.85 bits per heavy atom. The van der Waals surface area contributed by atoms with E-state index in [1.165, 1.54) is 0 Å². The molecule has 2 aromatic heterocycles. The van der Waals surface area contributed by atoms with Gasteiger partial charge in [0.15, 0.2) is 23.0 Å². The van der Waals surface area contributed by atoms with Gasteiger partial charge < -0.3 is 40.3 Å². The Morgan fingerprint density at radius 1 is 1.21 bits per heavy atom. The predicted octanol–water partition coefficient (Wildman–Crippen LogP) is -2.58. The van der Waals surface area contributed by atoms with Gasteiger partial charge in [-0.3, -0.25) is 18.9 Å². The molecule has 1 saturated heterocycles. The average Bonchev–Trinajstić information content (AvgIpc) is 2.95. The van der Waals surface area contributed by atoms with Gasteiger partial charge in [0.05, 0.1) is 6.33 Å². The summed E-state index contributed by atoms with van der Waals surface area (Å²) in [7, 11) is -17.1. The molecule has 0 aromatic carbocycles. The summed E-state index contributed by atoms with van der Waals surface area (Å²) >= 11 is 0. The number of ether oxygens (including phenoxy) is 1. The minimum Gasteiger partial charge on any atom is -0.380 e. The number of nitrogens with one attached hydrogen (secondary N) is 1. The van der Waals surface area contributed by atoms with Crippen LogP contribution in [0.2, 0.25) is 0 Å². The van der Waals surface area contributed by atoms with Crippen LogP contribution in [0.25, 0.3) is 11.2 Å². The molecule has 0 bridgehead atoms. The molecule has 0 amide bonds. The van der Waals surface area contributed by atoms with E-state index in [2.05, 4.69) is 28.1 Å². The third kappa shape index (κ3) is 3.94. The first-order valence-electron chi connectivity index (χ1n) is 8.56. The van der Waals surface area contributed by atoms with E-state index >= 15 is 0 Å². The van der Waals surface area contributed by atoms with Crippen LogP contribution in [0, 0.1) is 12.3 Å². The molecule has 0 radical (unpaired) electrons. The fourth-order valence-corrected chi connectivity index (χ4v) is 6.72. The number of nitrogens with zero attached hydrogens (tertiary/aromatic N) is 3. The summed E-state index contributed by atoms with van der Waals surface area (Å²) in [5, 5.41) is 21.9. The molecular formula is C12H14N5O14P3. The van der Waals surface area contributed by atoms with E-state index in [9.17, 15) is 38.5 Å². The summed E-state index contributed by atoms with van der Waals surface area (Å²) < 4.78 is 52.3. The Kier molecular flexibility index (Phi) is 5.54. The maximum atomic E-state index is 12.1. The first-order chi connectivity index (χ1) is 15.4. The van der Waals surface area contributed by atoms with Gasteiger partial charge in [-0.2, -0.15) is 13.6 Å². The van der Waals surface area contributed by atoms with Gasteiger partial charge in [0.2, 0.25) is 11.5 Å². The van der Waals surface area contributed by atoms with Crippen molar-refractivity contribution in [3.05, 3.63) is 16.7 Å². The smallest absolute Gasteiger partial charge is 0.380 e. The van der Waals surface area contributed by atoms with Crippen molar-refractivity contribution >= 4 is 40.6 Å². The second-order valence-electron chi connectivity index (χ2n) is 7.04. The number of fused-ring (bicyclic) bond motifs is 2. The number of rotatable bonds is 7. The third-order valence-electron chi connectivity index (χ3n) is 4.86. The van der Waals surface area contributed by atoms with Crippen LogP contribution in [-0.2, 0) is 31.6 Å². The van der Waals surface area contributed by atoms with Crippen LogP contribution in [0.4, 0.5) is 5.95 Å². The highest BCUT2D eigenvalue weighted by molar-refractivity contribution is 7.66. The van der Waals surface area contributed by atoms with Gasteiger partial charge in [0.1, 0.15) is 12.2 Å². The lowest BCUT2D eigenvalue weighted by molar-refractivity contribution is -0.132. The summed E-state index contributed by atoms with van der Waals surface area (Å²) in [6.07, 6.45) is 1.11. The van der Waals surface area contributed by atoms with Crippen molar-refractivity contribution in [2.24, 2.45) is 0 Å². The molecule has 4 rings (SSSR count). The van der Waals surface area contributed by atoms with Crippen molar-refractivity contribution < 1.29 is 61.4 Å². The van der Waals surface area contributed by atoms with Gasteiger partial charge >= 0.3 is 23.5 Å². The molecule has 2 fully saturated rings. The lowest BCUT2D eigenvalue weighted by Gasteiger charge is -2.32. The molecular weight excluding hydrogens is 531 g/mol. The number of anilines is 1. The van der Waals surface area contributed by atoms with Crippen molar-refractivity contribution in [3.63, 3.8) is 0 Å². The average molecular weight is 545 g/mol. The van der Waals surface area contributed by atoms with Gasteiger partial charge in [-0.15, -0.1) is 6.42 Å². The minimum atomic E-state index is -5.84. The van der Waals surface area contributed by atoms with Crippen LogP contribution in [0.1, 0.15) is 6.23 Å². The van der Waals surface area contributed by atoms with E-state index in [1.807, 2.05) is 5.92 Å². The first kappa shape index (κ1) is 25.1. The summed E-state index contributed by atoms with van der Waals surface area (Å²) in [5.74, 6) is 1.54. The predicted molar refractivity (Wildman–Crippen MR) is 104 cm³/mol. The Hall–Kier alpha value is -2.00. The van der Waals surface area contributed by atoms with Crippen LogP contribution >= 0.6 is 23.5 Å². The quantitative estimate of drug-likeness (QED) is 0.131. The molecule has 1 aliphatic heterocycles. The zero-order chi connectivity index (χ0) is 25.5. The number of aromatic amines is 1. The Balaban J connectivity index is 1.60. The van der Waals surface area contributed by atoms with Gasteiger partial charge in [0, 0.05) is 0 Å². The molecule has 1 aliphatic carbocycles. The second kappa shape index (κ2) is 7.50. The number of nitrogen functional groups attached to an aromatic ring is 1. The molecule has 7 atom stereocenters. The molecule has 9 N–H and O–H groups in total. The number of hydrogen-bond acceptors (Lipinski definition) is 13. The molecule has 3 heterocycles. The largest absolute Gasteiger partial charge is 0.490 e. The number of imidazole rings is 1. The molecule has 3 unspecified atom stereocenters. The highest BCUT2D eigenvalue weighted by atomic mass is 31.3. The van der Waals surface area contributed by atoms with E-state index in [-0.39, 0.29) is 17.1 Å². The van der Waals surface area contributed by atoms with E-state index in [0.29, 0.717) is 0 Å². The van der Waals surface area contributed by atoms with Crippen molar-refractivity contribution in [3.8, 4) is 12.3 Å². The van der Waals surface area contributed by atoms with Gasteiger partial charge in [-0.1, -0.05) is 5.92 Å². The first-order valence-corrected chi connectivity index (χ1v) is 13.1. The summed E-state index contributed by atoms with van der Waals surface area (Å²) in [6.45, 7) is 0. The van der Waals surface area contributed by atoms with Crippen molar-refractivity contribution in [1.82, 2.24) is 19.5 Å². The molecule has 0 spiro atoms. The number of aromatic nitrogens is 4. The van der Waals surface area contributed by atoms with Crippen LogP contribution in [0.3, 0.4) is 0 Å². The minimum absolute atomic E-state index is 0.200. The highest BCUT2D eigenvalue weighted by Gasteiger charge is 2.85. The maximum Gasteiger partial charge on any atom is 0.490 e. The third-order valence-corrected chi connectivity index (χ3v) is 8.68. The standard InChI is InChI=1S/C12H14N5O14P3/c1-2-11(19)9(17-3-14-4-7(17)15-10(13)16-8(4)18)28-5-6(12(5,11)20)29-33(24,25)31-34(26,27)30-32(21,22)23/h1,3,5-6,9,19-20H,(H,24,25)(H,26,27)(H2,21,22,23)(H3,13,15,16,18)/t5-,6?,9-,11+,12+/m1/s1. The molecule has 22 heteroatoms. The van der Waals surface area contributed by atoms with Crippen molar-refractivity contribution in [2.45, 2.75) is 29.6 Å². The van der Waals surface area contributed by atoms with Gasteiger partial charge in [-0.05, 0) is 0 Å². The Morgan fingerprint density at radius 3 is 2.44 bits per heavy atom. The maximum absolute atomic E-state index is 12.1. The summed E-state index contributed by atoms with van der Waals surface area (Å²) in [5.41, 5.74) is -0.999. The van der Waals surface area contributed by atoms with Gasteiger partial charge in [0.25, 0.3) is 5.56 Å². The molecule has 34 heavy (non-hydrogen) atoms. The Bertz CT molecular complexity index is 1430. The monoisotopic (exact) mass is 545 g/mol. The van der Waals surface area contributed by atoms with Gasteiger partial charge in [-0.25, -0.2) is 18.7 Å². The Labute approximate surface area is 186 Å². The second-order valence-corrected chi connectivity index (χ2v) is 11.4. The van der Waals surface area contributed by atoms with Crippen LogP contribution < -0.4 is 11.3 Å². The molecule has 186 valence electrons. The van der Waals surface area contributed by atoms with Crippen molar-refractivity contribution in [2.75, 3.05) is 5.73 Å². The van der Waals surface area contributed by atoms with Crippen LogP contribution in [0.5, 0.6) is 0 Å². The highest BCUT2D eigenvalue weighted by Crippen LogP contribution is 2.70. The zero-order valence-corrected chi connectivity index (χ0v) is 18.8. The molecule has 2 aliphatic rings. The summed E-state index contributed by atoms with van der Waals surface area (Å²) in [6, 6.07) is 0. The van der Waals surface area contributed by atoms with Crippen LogP contribution in [-0.4, -0.2) is 72.7 Å². The number of hydrogen-bond donors (Lipinski definition) is 8. The van der Waals surface area contributed by atoms with E-state index in [4.69, 9.17) is 26.7 Å². The zero-order valence-electron chi connectivity index (χ0n) is 16.1. The fourth-order valence-electron chi connectivity index (χ4n) is 3.50. The fraction of sp³-hybridized carbons (Fsp3) is 0.417. The molecule has 1 saturated carbocycles. The molecule has 19 nitrogen and oxygen atoms in total. The van der Waals surface area contributed by atoms with E-state index < -0.39 is 58.7 Å². The number of terminal acetylenes is 1. The number of phosphoric ester groups is 1. The SMILES string of the molecule is C#C[C@]1(O)[C@H](n2cnc3c(=O)[nH]c(N)nc32)O[C@@H]2C(OP(=O)(O)OP(=O)(O)OP(=O)(O)O)[C@@]21O. The molecule has 2 aromatic rings. The summed E-state index contributed by atoms with van der Waals surface area (Å²) in [4.78, 5) is 57.8.